The summed E-state index contributed by atoms with van der Waals surface area (Å²) in [5.74, 6) is 0. The van der Waals surface area contributed by atoms with Crippen molar-refractivity contribution in [1.29, 1.82) is 0 Å². The minimum Gasteiger partial charge on any atom is -0.309 e. The van der Waals surface area contributed by atoms with Gasteiger partial charge in [0.25, 0.3) is 0 Å². The predicted octanol–water partition coefficient (Wildman–Crippen LogP) is 15.5. The zero-order valence-electron chi connectivity index (χ0n) is 29.4. The van der Waals surface area contributed by atoms with Gasteiger partial charge in [-0.2, -0.15) is 0 Å². The van der Waals surface area contributed by atoms with Crippen molar-refractivity contribution in [3.63, 3.8) is 0 Å². The Morgan fingerprint density at radius 1 is 0.315 bits per heavy atom. The van der Waals surface area contributed by atoms with E-state index in [1.165, 1.54) is 91.2 Å². The molecule has 10 aromatic carbocycles. The van der Waals surface area contributed by atoms with Crippen LogP contribution in [-0.4, -0.2) is 0 Å². The largest absolute Gasteiger partial charge is 0.309 e. The third kappa shape index (κ3) is 4.78. The molecule has 2 heteroatoms. The number of rotatable bonds is 5. The van der Waals surface area contributed by atoms with Gasteiger partial charge in [0.2, 0.25) is 0 Å². The van der Waals surface area contributed by atoms with Crippen molar-refractivity contribution in [2.45, 2.75) is 0 Å². The Bertz CT molecular complexity index is 3210. The molecule has 11 rings (SSSR count). The molecule has 0 atom stereocenters. The first-order chi connectivity index (χ1) is 26.8. The number of fused-ring (bicyclic) bond motifs is 9. The van der Waals surface area contributed by atoms with Crippen LogP contribution >= 0.6 is 11.3 Å². The summed E-state index contributed by atoms with van der Waals surface area (Å²) in [6.45, 7) is 0. The van der Waals surface area contributed by atoms with Gasteiger partial charge in [0.05, 0.1) is 11.4 Å². The van der Waals surface area contributed by atoms with Gasteiger partial charge in [0, 0.05) is 31.2 Å². The van der Waals surface area contributed by atoms with Crippen molar-refractivity contribution >= 4 is 91.7 Å². The van der Waals surface area contributed by atoms with Gasteiger partial charge in [-0.05, 0) is 96.4 Å². The average molecular weight is 704 g/mol. The first-order valence-electron chi connectivity index (χ1n) is 18.5. The highest BCUT2D eigenvalue weighted by Crippen LogP contribution is 2.50. The van der Waals surface area contributed by atoms with Crippen LogP contribution in [0.3, 0.4) is 0 Å². The molecule has 0 saturated carbocycles. The number of benzene rings is 10. The van der Waals surface area contributed by atoms with Crippen molar-refractivity contribution in [2.24, 2.45) is 0 Å². The Balaban J connectivity index is 1.29. The molecule has 54 heavy (non-hydrogen) atoms. The molecule has 0 spiro atoms. The van der Waals surface area contributed by atoms with Crippen LogP contribution < -0.4 is 4.90 Å². The molecule has 0 aliphatic rings. The van der Waals surface area contributed by atoms with E-state index in [2.05, 4.69) is 205 Å². The van der Waals surface area contributed by atoms with Gasteiger partial charge in [-0.1, -0.05) is 164 Å². The highest BCUT2D eigenvalue weighted by Gasteiger charge is 2.23. The summed E-state index contributed by atoms with van der Waals surface area (Å²) in [5, 5.41) is 12.5. The van der Waals surface area contributed by atoms with Gasteiger partial charge in [-0.15, -0.1) is 11.3 Å². The molecule has 0 aliphatic carbocycles. The van der Waals surface area contributed by atoms with Gasteiger partial charge >= 0.3 is 0 Å². The van der Waals surface area contributed by atoms with E-state index in [4.69, 9.17) is 0 Å². The Morgan fingerprint density at radius 3 is 1.65 bits per heavy atom. The summed E-state index contributed by atoms with van der Waals surface area (Å²) < 4.78 is 2.58. The standard InChI is InChI=1S/C52H33NS/c1-3-16-35(17-4-1)50-43-22-10-9-21-40(43)41-32-30-37(33-45(41)51(50)36-18-5-2-6-19-36)53(47-26-14-28-49-52(47)44-23-11-12-27-48(44)54-49)46-25-13-24-39-38-20-8-7-15-34(38)29-31-42(39)46/h1-33H. The van der Waals surface area contributed by atoms with Crippen LogP contribution in [0.2, 0.25) is 0 Å². The van der Waals surface area contributed by atoms with Crippen LogP contribution in [0, 0.1) is 0 Å². The molecule has 1 heterocycles. The molecular formula is C52H33NS. The fourth-order valence-electron chi connectivity index (χ4n) is 8.70. The highest BCUT2D eigenvalue weighted by molar-refractivity contribution is 7.26. The maximum absolute atomic E-state index is 2.52. The Labute approximate surface area is 317 Å². The zero-order chi connectivity index (χ0) is 35.6. The molecule has 0 aliphatic heterocycles. The fourth-order valence-corrected chi connectivity index (χ4v) is 9.82. The van der Waals surface area contributed by atoms with Crippen molar-refractivity contribution in [2.75, 3.05) is 4.90 Å². The molecule has 0 radical (unpaired) electrons. The van der Waals surface area contributed by atoms with E-state index in [0.717, 1.165) is 11.4 Å². The van der Waals surface area contributed by atoms with E-state index in [1.807, 2.05) is 11.3 Å². The van der Waals surface area contributed by atoms with Crippen molar-refractivity contribution in [1.82, 2.24) is 0 Å². The van der Waals surface area contributed by atoms with Crippen LogP contribution in [0.1, 0.15) is 0 Å². The number of hydrogen-bond donors (Lipinski definition) is 0. The normalized spacial score (nSPS) is 11.7. The maximum atomic E-state index is 2.52. The van der Waals surface area contributed by atoms with Crippen LogP contribution in [0.25, 0.3) is 85.5 Å². The quantitative estimate of drug-likeness (QED) is 0.161. The monoisotopic (exact) mass is 703 g/mol. The molecule has 1 aromatic heterocycles. The lowest BCUT2D eigenvalue weighted by Gasteiger charge is -2.29. The van der Waals surface area contributed by atoms with Crippen LogP contribution in [-0.2, 0) is 0 Å². The first-order valence-corrected chi connectivity index (χ1v) is 19.3. The third-order valence-electron chi connectivity index (χ3n) is 11.0. The second-order valence-electron chi connectivity index (χ2n) is 14.0. The van der Waals surface area contributed by atoms with Gasteiger partial charge in [0.15, 0.2) is 0 Å². The average Bonchev–Trinajstić information content (AvgIpc) is 3.63. The highest BCUT2D eigenvalue weighted by atomic mass is 32.1. The first kappa shape index (κ1) is 30.8. The Hall–Kier alpha value is -6.74. The summed E-state index contributed by atoms with van der Waals surface area (Å²) in [4.78, 5) is 2.52. The second-order valence-corrected chi connectivity index (χ2v) is 15.1. The fraction of sp³-hybridized carbons (Fsp3) is 0. The number of nitrogens with zero attached hydrogens (tertiary/aromatic N) is 1. The smallest absolute Gasteiger partial charge is 0.0555 e. The Morgan fingerprint density at radius 2 is 0.852 bits per heavy atom. The lowest BCUT2D eigenvalue weighted by atomic mass is 9.85. The second kappa shape index (κ2) is 12.4. The molecule has 0 amide bonds. The SMILES string of the molecule is c1ccc(-c2c(-c3ccccc3)c3cc(N(c4cccc5c4ccc4ccccc45)c4cccc5sc6ccccc6c45)ccc3c3ccccc23)cc1. The van der Waals surface area contributed by atoms with E-state index < -0.39 is 0 Å². The lowest BCUT2D eigenvalue weighted by Crippen LogP contribution is -2.11. The van der Waals surface area contributed by atoms with E-state index in [0.29, 0.717) is 0 Å². The van der Waals surface area contributed by atoms with Gasteiger partial charge in [-0.25, -0.2) is 0 Å². The van der Waals surface area contributed by atoms with Crippen LogP contribution in [0.4, 0.5) is 17.1 Å². The molecule has 0 N–H and O–H groups in total. The summed E-state index contributed by atoms with van der Waals surface area (Å²) >= 11 is 1.87. The molecule has 1 nitrogen and oxygen atoms in total. The number of hydrogen-bond acceptors (Lipinski definition) is 2. The summed E-state index contributed by atoms with van der Waals surface area (Å²) in [7, 11) is 0. The molecule has 0 bridgehead atoms. The summed E-state index contributed by atoms with van der Waals surface area (Å²) in [6, 6.07) is 73.6. The zero-order valence-corrected chi connectivity index (χ0v) is 30.2. The minimum absolute atomic E-state index is 1.12. The van der Waals surface area contributed by atoms with Gasteiger partial charge < -0.3 is 4.90 Å². The molecule has 0 unspecified atom stereocenters. The third-order valence-corrected chi connectivity index (χ3v) is 12.2. The van der Waals surface area contributed by atoms with E-state index >= 15 is 0 Å². The van der Waals surface area contributed by atoms with E-state index in [1.54, 1.807) is 0 Å². The molecule has 11 aromatic rings. The number of thiophene rings is 1. The molecule has 252 valence electrons. The lowest BCUT2D eigenvalue weighted by molar-refractivity contribution is 1.32. The van der Waals surface area contributed by atoms with Gasteiger partial charge in [0.1, 0.15) is 0 Å². The van der Waals surface area contributed by atoms with Crippen molar-refractivity contribution < 1.29 is 0 Å². The molecular weight excluding hydrogens is 671 g/mol. The molecule has 0 fully saturated rings. The molecule has 0 saturated heterocycles. The number of anilines is 3. The summed E-state index contributed by atoms with van der Waals surface area (Å²) in [6.07, 6.45) is 0. The minimum atomic E-state index is 1.12. The van der Waals surface area contributed by atoms with Crippen molar-refractivity contribution in [3.05, 3.63) is 200 Å². The van der Waals surface area contributed by atoms with E-state index in [9.17, 15) is 0 Å². The topological polar surface area (TPSA) is 3.24 Å². The van der Waals surface area contributed by atoms with Crippen LogP contribution in [0.5, 0.6) is 0 Å². The van der Waals surface area contributed by atoms with E-state index in [-0.39, 0.29) is 0 Å². The summed E-state index contributed by atoms with van der Waals surface area (Å²) in [5.41, 5.74) is 8.39. The van der Waals surface area contributed by atoms with Crippen LogP contribution in [0.15, 0.2) is 200 Å². The van der Waals surface area contributed by atoms with Crippen molar-refractivity contribution in [3.8, 4) is 22.3 Å². The van der Waals surface area contributed by atoms with Gasteiger partial charge in [-0.3, -0.25) is 0 Å². The maximum Gasteiger partial charge on any atom is 0.0555 e. The Kier molecular flexibility index (Phi) is 7.11. The predicted molar refractivity (Wildman–Crippen MR) is 235 cm³/mol.